The Morgan fingerprint density at radius 2 is 1.93 bits per heavy atom. The zero-order valence-electron chi connectivity index (χ0n) is 10.6. The Morgan fingerprint density at radius 3 is 2.33 bits per heavy atom. The van der Waals surface area contributed by atoms with Crippen LogP contribution in [0.15, 0.2) is 6.07 Å². The average Bonchev–Trinajstić information content (AvgIpc) is 2.46. The van der Waals surface area contributed by atoms with Crippen molar-refractivity contribution in [3.8, 4) is 0 Å². The van der Waals surface area contributed by atoms with Gasteiger partial charge in [0.05, 0.1) is 0 Å². The van der Waals surface area contributed by atoms with Gasteiger partial charge in [-0.15, -0.1) is 11.3 Å². The molecule has 1 aromatic rings. The van der Waals surface area contributed by atoms with Crippen molar-refractivity contribution in [3.63, 3.8) is 0 Å². The highest BCUT2D eigenvalue weighted by Gasteiger charge is 2.14. The van der Waals surface area contributed by atoms with E-state index in [1.54, 1.807) is 0 Å². The summed E-state index contributed by atoms with van der Waals surface area (Å²) in [7, 11) is 2.07. The number of thiophene rings is 1. The SMILES string of the molecule is CNC(CCC(C)C)c1sc(C)cc1C. The van der Waals surface area contributed by atoms with Crippen molar-refractivity contribution in [2.24, 2.45) is 5.92 Å². The standard InChI is InChI=1S/C13H23NS/c1-9(2)6-7-12(14-5)13-10(3)8-11(4)15-13/h8-9,12,14H,6-7H2,1-5H3. The van der Waals surface area contributed by atoms with Crippen molar-refractivity contribution in [1.82, 2.24) is 5.32 Å². The van der Waals surface area contributed by atoms with Gasteiger partial charge in [-0.1, -0.05) is 13.8 Å². The first-order valence-corrected chi connectivity index (χ1v) is 6.60. The summed E-state index contributed by atoms with van der Waals surface area (Å²) in [5.41, 5.74) is 1.45. The minimum atomic E-state index is 0.547. The molecule has 0 fully saturated rings. The third-order valence-electron chi connectivity index (χ3n) is 2.78. The molecule has 0 amide bonds. The maximum absolute atomic E-state index is 3.44. The van der Waals surface area contributed by atoms with Crippen LogP contribution in [0.1, 0.15) is 48.0 Å². The third kappa shape index (κ3) is 3.62. The van der Waals surface area contributed by atoms with Gasteiger partial charge in [0.2, 0.25) is 0 Å². The van der Waals surface area contributed by atoms with Crippen LogP contribution in [-0.4, -0.2) is 7.05 Å². The van der Waals surface area contributed by atoms with Gasteiger partial charge in [0.15, 0.2) is 0 Å². The van der Waals surface area contributed by atoms with Crippen LogP contribution in [0.5, 0.6) is 0 Å². The first-order valence-electron chi connectivity index (χ1n) is 5.78. The summed E-state index contributed by atoms with van der Waals surface area (Å²) in [4.78, 5) is 2.95. The molecule has 0 aromatic carbocycles. The van der Waals surface area contributed by atoms with Gasteiger partial charge in [0, 0.05) is 15.8 Å². The van der Waals surface area contributed by atoms with E-state index in [2.05, 4.69) is 46.1 Å². The number of hydrogen-bond donors (Lipinski definition) is 1. The van der Waals surface area contributed by atoms with Gasteiger partial charge in [0.1, 0.15) is 0 Å². The van der Waals surface area contributed by atoms with Gasteiger partial charge in [-0.3, -0.25) is 0 Å². The van der Waals surface area contributed by atoms with Crippen LogP contribution in [0.3, 0.4) is 0 Å². The fourth-order valence-corrected chi connectivity index (χ4v) is 3.09. The molecule has 0 bridgehead atoms. The predicted octanol–water partition coefficient (Wildman–Crippen LogP) is 4.06. The fourth-order valence-electron chi connectivity index (χ4n) is 1.91. The lowest BCUT2D eigenvalue weighted by atomic mass is 10.0. The second kappa shape index (κ2) is 5.66. The van der Waals surface area contributed by atoms with E-state index in [-0.39, 0.29) is 0 Å². The van der Waals surface area contributed by atoms with Crippen LogP contribution in [-0.2, 0) is 0 Å². The first kappa shape index (κ1) is 12.7. The maximum atomic E-state index is 3.44. The molecule has 2 heteroatoms. The minimum absolute atomic E-state index is 0.547. The Morgan fingerprint density at radius 1 is 1.27 bits per heavy atom. The lowest BCUT2D eigenvalue weighted by molar-refractivity contribution is 0.468. The molecule has 86 valence electrons. The van der Waals surface area contributed by atoms with Crippen molar-refractivity contribution in [2.75, 3.05) is 7.05 Å². The van der Waals surface area contributed by atoms with Crippen molar-refractivity contribution in [3.05, 3.63) is 21.4 Å². The Labute approximate surface area is 97.9 Å². The van der Waals surface area contributed by atoms with Crippen LogP contribution in [0, 0.1) is 19.8 Å². The summed E-state index contributed by atoms with van der Waals surface area (Å²) in [6.45, 7) is 8.99. The molecule has 1 atom stereocenters. The Hall–Kier alpha value is -0.340. The molecule has 0 aliphatic heterocycles. The van der Waals surface area contributed by atoms with Crippen LogP contribution in [0.2, 0.25) is 0 Å². The second-order valence-electron chi connectivity index (χ2n) is 4.72. The van der Waals surface area contributed by atoms with E-state index in [1.807, 2.05) is 11.3 Å². The zero-order chi connectivity index (χ0) is 11.4. The normalized spacial score (nSPS) is 13.5. The molecule has 0 aliphatic rings. The highest BCUT2D eigenvalue weighted by atomic mass is 32.1. The van der Waals surface area contributed by atoms with Crippen LogP contribution in [0.4, 0.5) is 0 Å². The molecule has 1 nitrogen and oxygen atoms in total. The molecule has 1 heterocycles. The van der Waals surface area contributed by atoms with Gasteiger partial charge in [-0.2, -0.15) is 0 Å². The van der Waals surface area contributed by atoms with E-state index >= 15 is 0 Å². The number of rotatable bonds is 5. The smallest absolute Gasteiger partial charge is 0.0415 e. The summed E-state index contributed by atoms with van der Waals surface area (Å²) in [6, 6.07) is 2.84. The fraction of sp³-hybridized carbons (Fsp3) is 0.692. The van der Waals surface area contributed by atoms with E-state index in [1.165, 1.54) is 28.2 Å². The number of hydrogen-bond acceptors (Lipinski definition) is 2. The lowest BCUT2D eigenvalue weighted by Gasteiger charge is -2.17. The quantitative estimate of drug-likeness (QED) is 0.797. The number of aryl methyl sites for hydroxylation is 2. The van der Waals surface area contributed by atoms with E-state index in [9.17, 15) is 0 Å². The monoisotopic (exact) mass is 225 g/mol. The zero-order valence-corrected chi connectivity index (χ0v) is 11.4. The summed E-state index contributed by atoms with van der Waals surface area (Å²) >= 11 is 1.94. The first-order chi connectivity index (χ1) is 7.04. The van der Waals surface area contributed by atoms with Crippen molar-refractivity contribution in [1.29, 1.82) is 0 Å². The highest BCUT2D eigenvalue weighted by Crippen LogP contribution is 2.30. The minimum Gasteiger partial charge on any atom is -0.312 e. The molecule has 0 saturated heterocycles. The molecule has 0 radical (unpaired) electrons. The van der Waals surface area contributed by atoms with E-state index < -0.39 is 0 Å². The maximum Gasteiger partial charge on any atom is 0.0415 e. The summed E-state index contributed by atoms with van der Waals surface area (Å²) in [5.74, 6) is 0.794. The van der Waals surface area contributed by atoms with E-state index in [4.69, 9.17) is 0 Å². The molecule has 1 aromatic heterocycles. The van der Waals surface area contributed by atoms with Crippen LogP contribution < -0.4 is 5.32 Å². The van der Waals surface area contributed by atoms with E-state index in [0.29, 0.717) is 6.04 Å². The Balaban J connectivity index is 2.69. The van der Waals surface area contributed by atoms with Gasteiger partial charge < -0.3 is 5.32 Å². The molecule has 0 spiro atoms. The number of nitrogens with one attached hydrogen (secondary N) is 1. The molecule has 0 aliphatic carbocycles. The molecule has 0 saturated carbocycles. The van der Waals surface area contributed by atoms with Crippen LogP contribution >= 0.6 is 11.3 Å². The molecule has 1 N–H and O–H groups in total. The molecule has 1 unspecified atom stereocenters. The average molecular weight is 225 g/mol. The molecule has 15 heavy (non-hydrogen) atoms. The van der Waals surface area contributed by atoms with Crippen molar-refractivity contribution >= 4 is 11.3 Å². The Bertz CT molecular complexity index is 301. The van der Waals surface area contributed by atoms with E-state index in [0.717, 1.165) is 5.92 Å². The van der Waals surface area contributed by atoms with Gasteiger partial charge in [-0.25, -0.2) is 0 Å². The highest BCUT2D eigenvalue weighted by molar-refractivity contribution is 7.12. The lowest BCUT2D eigenvalue weighted by Crippen LogP contribution is -2.16. The third-order valence-corrected chi connectivity index (χ3v) is 4.04. The largest absolute Gasteiger partial charge is 0.312 e. The molecular formula is C13H23NS. The van der Waals surface area contributed by atoms with Crippen LogP contribution in [0.25, 0.3) is 0 Å². The summed E-state index contributed by atoms with van der Waals surface area (Å²) in [6.07, 6.45) is 2.54. The van der Waals surface area contributed by atoms with Crippen molar-refractivity contribution in [2.45, 2.75) is 46.6 Å². The predicted molar refractivity (Wildman–Crippen MR) is 69.7 cm³/mol. The molecular weight excluding hydrogens is 202 g/mol. The summed E-state index contributed by atoms with van der Waals surface area (Å²) in [5, 5.41) is 3.44. The van der Waals surface area contributed by atoms with Gasteiger partial charge in [-0.05, 0) is 51.3 Å². The topological polar surface area (TPSA) is 12.0 Å². The summed E-state index contributed by atoms with van der Waals surface area (Å²) < 4.78 is 0. The van der Waals surface area contributed by atoms with Gasteiger partial charge in [0.25, 0.3) is 0 Å². The Kier molecular flexibility index (Phi) is 4.81. The second-order valence-corrected chi connectivity index (χ2v) is 6.00. The molecule has 1 rings (SSSR count). The van der Waals surface area contributed by atoms with Crippen molar-refractivity contribution < 1.29 is 0 Å². The van der Waals surface area contributed by atoms with Gasteiger partial charge >= 0.3 is 0 Å².